The molecule has 1 atom stereocenters. The van der Waals surface area contributed by atoms with Crippen LogP contribution in [0.1, 0.15) is 21.5 Å². The number of non-ortho nitro benzene ring substituents is 1. The minimum Gasteiger partial charge on any atom is -0.368 e. The summed E-state index contributed by atoms with van der Waals surface area (Å²) >= 11 is 0. The molecular weight excluding hydrogens is 367 g/mol. The van der Waals surface area contributed by atoms with Crippen molar-refractivity contribution in [3.63, 3.8) is 0 Å². The van der Waals surface area contributed by atoms with Crippen LogP contribution in [0.4, 0.5) is 18.9 Å². The summed E-state index contributed by atoms with van der Waals surface area (Å²) in [6, 6.07) is 7.86. The Morgan fingerprint density at radius 2 is 1.81 bits per heavy atom. The van der Waals surface area contributed by atoms with Crippen LogP contribution < -0.4 is 11.1 Å². The van der Waals surface area contributed by atoms with E-state index in [9.17, 15) is 32.9 Å². The molecule has 10 heteroatoms. The molecule has 0 spiro atoms. The van der Waals surface area contributed by atoms with E-state index >= 15 is 0 Å². The Hall–Kier alpha value is -3.43. The Bertz CT molecular complexity index is 884. The van der Waals surface area contributed by atoms with Gasteiger partial charge in [0, 0.05) is 24.1 Å². The molecule has 0 aliphatic rings. The average molecular weight is 381 g/mol. The van der Waals surface area contributed by atoms with Gasteiger partial charge in [-0.3, -0.25) is 19.7 Å². The predicted molar refractivity (Wildman–Crippen MR) is 88.7 cm³/mol. The van der Waals surface area contributed by atoms with Crippen molar-refractivity contribution in [2.24, 2.45) is 5.73 Å². The van der Waals surface area contributed by atoms with Crippen LogP contribution in [0.3, 0.4) is 0 Å². The molecule has 2 aromatic rings. The van der Waals surface area contributed by atoms with E-state index in [4.69, 9.17) is 5.73 Å². The molecule has 2 aromatic carbocycles. The SMILES string of the molecule is NC(=O)[C@H](Cc1ccccc1C(F)(F)F)NC(=O)c1cccc([N+](=O)[O-])c1. The molecule has 0 aromatic heterocycles. The monoisotopic (exact) mass is 381 g/mol. The van der Waals surface area contributed by atoms with Crippen LogP contribution in [-0.4, -0.2) is 22.8 Å². The van der Waals surface area contributed by atoms with Gasteiger partial charge in [-0.05, 0) is 17.7 Å². The fourth-order valence-corrected chi connectivity index (χ4v) is 2.42. The molecule has 2 amide bonds. The van der Waals surface area contributed by atoms with E-state index in [-0.39, 0.29) is 16.8 Å². The molecule has 0 fully saturated rings. The Labute approximate surface area is 151 Å². The lowest BCUT2D eigenvalue weighted by molar-refractivity contribution is -0.384. The van der Waals surface area contributed by atoms with Gasteiger partial charge in [-0.1, -0.05) is 24.3 Å². The van der Waals surface area contributed by atoms with E-state index in [0.29, 0.717) is 0 Å². The molecule has 2 rings (SSSR count). The Kier molecular flexibility index (Phi) is 5.78. The van der Waals surface area contributed by atoms with Crippen molar-refractivity contribution in [3.8, 4) is 0 Å². The number of nitro benzene ring substituents is 1. The molecule has 0 saturated heterocycles. The molecule has 142 valence electrons. The first-order valence-electron chi connectivity index (χ1n) is 7.59. The minimum atomic E-state index is -4.64. The van der Waals surface area contributed by atoms with Gasteiger partial charge in [0.15, 0.2) is 0 Å². The van der Waals surface area contributed by atoms with Crippen LogP contribution >= 0.6 is 0 Å². The Morgan fingerprint density at radius 1 is 1.15 bits per heavy atom. The number of hydrogen-bond acceptors (Lipinski definition) is 4. The number of nitro groups is 1. The second-order valence-electron chi connectivity index (χ2n) is 5.59. The van der Waals surface area contributed by atoms with Crippen molar-refractivity contribution >= 4 is 17.5 Å². The summed E-state index contributed by atoms with van der Waals surface area (Å²) in [7, 11) is 0. The summed E-state index contributed by atoms with van der Waals surface area (Å²) in [6.45, 7) is 0. The third-order valence-electron chi connectivity index (χ3n) is 3.71. The zero-order chi connectivity index (χ0) is 20.2. The number of nitrogens with one attached hydrogen (secondary N) is 1. The first-order chi connectivity index (χ1) is 12.6. The summed E-state index contributed by atoms with van der Waals surface area (Å²) < 4.78 is 39.2. The van der Waals surface area contributed by atoms with Gasteiger partial charge in [0.1, 0.15) is 6.04 Å². The molecule has 7 nitrogen and oxygen atoms in total. The smallest absolute Gasteiger partial charge is 0.368 e. The number of hydrogen-bond donors (Lipinski definition) is 2. The lowest BCUT2D eigenvalue weighted by Crippen LogP contribution is -2.46. The molecule has 27 heavy (non-hydrogen) atoms. The van der Waals surface area contributed by atoms with Crippen molar-refractivity contribution in [1.29, 1.82) is 0 Å². The zero-order valence-corrected chi connectivity index (χ0v) is 13.7. The van der Waals surface area contributed by atoms with Gasteiger partial charge >= 0.3 is 6.18 Å². The van der Waals surface area contributed by atoms with Gasteiger partial charge in [0.2, 0.25) is 5.91 Å². The number of benzene rings is 2. The van der Waals surface area contributed by atoms with Crippen molar-refractivity contribution in [2.75, 3.05) is 0 Å². The maximum Gasteiger partial charge on any atom is 0.416 e. The highest BCUT2D eigenvalue weighted by Crippen LogP contribution is 2.32. The van der Waals surface area contributed by atoms with Crippen LogP contribution in [0, 0.1) is 10.1 Å². The van der Waals surface area contributed by atoms with Crippen molar-refractivity contribution in [1.82, 2.24) is 5.32 Å². The van der Waals surface area contributed by atoms with Gasteiger partial charge in [0.25, 0.3) is 11.6 Å². The van der Waals surface area contributed by atoms with Crippen LogP contribution in [0.15, 0.2) is 48.5 Å². The number of carbonyl (C=O) groups is 2. The van der Waals surface area contributed by atoms with Crippen molar-refractivity contribution in [2.45, 2.75) is 18.6 Å². The molecule has 0 unspecified atom stereocenters. The third kappa shape index (κ3) is 5.03. The molecule has 0 bridgehead atoms. The summed E-state index contributed by atoms with van der Waals surface area (Å²) in [5, 5.41) is 13.0. The van der Waals surface area contributed by atoms with Gasteiger partial charge < -0.3 is 11.1 Å². The van der Waals surface area contributed by atoms with Crippen LogP contribution in [0.5, 0.6) is 0 Å². The van der Waals surface area contributed by atoms with Crippen molar-refractivity contribution < 1.29 is 27.7 Å². The summed E-state index contributed by atoms with van der Waals surface area (Å²) in [4.78, 5) is 33.9. The number of halogens is 3. The van der Waals surface area contributed by atoms with E-state index in [2.05, 4.69) is 5.32 Å². The standard InChI is InChI=1S/C17H14F3N3O4/c18-17(19,20)13-7-2-1-4-10(13)9-14(15(21)24)22-16(25)11-5-3-6-12(8-11)23(26)27/h1-8,14H,9H2,(H2,21,24)(H,22,25)/t14-/m0/s1. The van der Waals surface area contributed by atoms with Gasteiger partial charge in [-0.25, -0.2) is 0 Å². The van der Waals surface area contributed by atoms with E-state index in [1.54, 1.807) is 0 Å². The Morgan fingerprint density at radius 3 is 2.41 bits per heavy atom. The normalized spacial score (nSPS) is 12.3. The number of primary amides is 1. The number of rotatable bonds is 6. The van der Waals surface area contributed by atoms with Crippen LogP contribution in [-0.2, 0) is 17.4 Å². The number of nitrogens with zero attached hydrogens (tertiary/aromatic N) is 1. The topological polar surface area (TPSA) is 115 Å². The first-order valence-corrected chi connectivity index (χ1v) is 7.59. The van der Waals surface area contributed by atoms with E-state index in [1.807, 2.05) is 0 Å². The molecule has 0 saturated carbocycles. The van der Waals surface area contributed by atoms with Gasteiger partial charge in [0.05, 0.1) is 10.5 Å². The van der Waals surface area contributed by atoms with Gasteiger partial charge in [-0.15, -0.1) is 0 Å². The highest BCUT2D eigenvalue weighted by atomic mass is 19.4. The maximum absolute atomic E-state index is 13.1. The quantitative estimate of drug-likeness (QED) is 0.591. The van der Waals surface area contributed by atoms with Crippen LogP contribution in [0.2, 0.25) is 0 Å². The fraction of sp³-hybridized carbons (Fsp3) is 0.176. The maximum atomic E-state index is 13.1. The average Bonchev–Trinajstić information content (AvgIpc) is 2.60. The summed E-state index contributed by atoms with van der Waals surface area (Å²) in [6.07, 6.45) is -5.12. The minimum absolute atomic E-state index is 0.125. The highest BCUT2D eigenvalue weighted by molar-refractivity contribution is 5.97. The number of nitrogens with two attached hydrogens (primary N) is 1. The van der Waals surface area contributed by atoms with Crippen molar-refractivity contribution in [3.05, 3.63) is 75.3 Å². The molecule has 0 aliphatic carbocycles. The zero-order valence-electron chi connectivity index (χ0n) is 13.7. The molecule has 0 radical (unpaired) electrons. The van der Waals surface area contributed by atoms with E-state index in [0.717, 1.165) is 12.1 Å². The van der Waals surface area contributed by atoms with Gasteiger partial charge in [-0.2, -0.15) is 13.2 Å². The second kappa shape index (κ2) is 7.85. The molecular formula is C17H14F3N3O4. The molecule has 3 N–H and O–H groups in total. The molecule has 0 aliphatic heterocycles. The summed E-state index contributed by atoms with van der Waals surface area (Å²) in [5.41, 5.74) is 3.57. The number of amides is 2. The summed E-state index contributed by atoms with van der Waals surface area (Å²) in [5.74, 6) is -1.90. The van der Waals surface area contributed by atoms with Crippen LogP contribution in [0.25, 0.3) is 0 Å². The lowest BCUT2D eigenvalue weighted by Gasteiger charge is -2.18. The van der Waals surface area contributed by atoms with E-state index in [1.165, 1.54) is 36.4 Å². The lowest BCUT2D eigenvalue weighted by atomic mass is 9.99. The Balaban J connectivity index is 2.25. The third-order valence-corrected chi connectivity index (χ3v) is 3.71. The molecule has 0 heterocycles. The van der Waals surface area contributed by atoms with E-state index < -0.39 is 40.9 Å². The highest BCUT2D eigenvalue weighted by Gasteiger charge is 2.34. The fourth-order valence-electron chi connectivity index (χ4n) is 2.42. The second-order valence-corrected chi connectivity index (χ2v) is 5.59. The predicted octanol–water partition coefficient (Wildman–Crippen LogP) is 2.44. The number of carbonyl (C=O) groups excluding carboxylic acids is 2. The number of alkyl halides is 3. The first kappa shape index (κ1) is 19.9. The largest absolute Gasteiger partial charge is 0.416 e.